The van der Waals surface area contributed by atoms with Gasteiger partial charge >= 0.3 is 5.97 Å². The average Bonchev–Trinajstić information content (AvgIpc) is 2.80. The minimum Gasteiger partial charge on any atom is -0.478 e. The maximum atomic E-state index is 12.3. The maximum absolute atomic E-state index is 12.3. The third kappa shape index (κ3) is 2.97. The molecule has 0 saturated carbocycles. The Morgan fingerprint density at radius 1 is 1.42 bits per heavy atom. The molecule has 2 atom stereocenters. The molecule has 1 amide bonds. The third-order valence-corrected chi connectivity index (χ3v) is 3.73. The van der Waals surface area contributed by atoms with Crippen LogP contribution in [0.1, 0.15) is 42.8 Å². The van der Waals surface area contributed by atoms with Crippen LogP contribution in [0.15, 0.2) is 16.7 Å². The van der Waals surface area contributed by atoms with Crippen LogP contribution in [-0.2, 0) is 11.2 Å². The molecule has 104 valence electrons. The van der Waals surface area contributed by atoms with Crippen molar-refractivity contribution in [2.45, 2.75) is 39.2 Å². The number of likely N-dealkylation sites (tertiary alicyclic amines) is 1. The fraction of sp³-hybridized carbons (Fsp3) is 0.571. The van der Waals surface area contributed by atoms with Crippen LogP contribution in [0, 0.1) is 5.92 Å². The maximum Gasteiger partial charge on any atom is 0.339 e. The lowest BCUT2D eigenvalue weighted by atomic mass is 9.94. The van der Waals surface area contributed by atoms with E-state index in [1.54, 1.807) is 0 Å². The van der Waals surface area contributed by atoms with Crippen molar-refractivity contribution < 1.29 is 19.1 Å². The van der Waals surface area contributed by atoms with Crippen molar-refractivity contribution in [3.63, 3.8) is 0 Å². The Balaban J connectivity index is 2.08. The molecule has 0 radical (unpaired) electrons. The molecular formula is C14H19NO4. The fourth-order valence-electron chi connectivity index (χ4n) is 2.54. The molecule has 0 aliphatic carbocycles. The van der Waals surface area contributed by atoms with E-state index < -0.39 is 5.97 Å². The van der Waals surface area contributed by atoms with E-state index in [2.05, 4.69) is 6.92 Å². The number of carboxylic acid groups (broad SMARTS) is 1. The number of piperidine rings is 1. The van der Waals surface area contributed by atoms with Gasteiger partial charge in [-0.2, -0.15) is 0 Å². The summed E-state index contributed by atoms with van der Waals surface area (Å²) in [7, 11) is 0. The molecule has 2 heterocycles. The van der Waals surface area contributed by atoms with Crippen LogP contribution in [0.25, 0.3) is 0 Å². The Bertz CT molecular complexity index is 480. The first-order chi connectivity index (χ1) is 8.99. The van der Waals surface area contributed by atoms with E-state index in [1.807, 2.05) is 11.8 Å². The van der Waals surface area contributed by atoms with E-state index in [0.29, 0.717) is 5.92 Å². The monoisotopic (exact) mass is 265 g/mol. The normalized spacial score (nSPS) is 23.4. The molecule has 19 heavy (non-hydrogen) atoms. The molecule has 0 aromatic carbocycles. The summed E-state index contributed by atoms with van der Waals surface area (Å²) < 4.78 is 5.12. The summed E-state index contributed by atoms with van der Waals surface area (Å²) >= 11 is 0. The van der Waals surface area contributed by atoms with E-state index in [0.717, 1.165) is 19.4 Å². The summed E-state index contributed by atoms with van der Waals surface area (Å²) in [6.45, 7) is 4.90. The number of rotatable bonds is 3. The number of carbonyl (C=O) groups is 2. The van der Waals surface area contributed by atoms with E-state index in [9.17, 15) is 9.59 Å². The van der Waals surface area contributed by atoms with Gasteiger partial charge in [-0.25, -0.2) is 4.79 Å². The quantitative estimate of drug-likeness (QED) is 0.909. The van der Waals surface area contributed by atoms with Crippen LogP contribution in [0.4, 0.5) is 0 Å². The lowest BCUT2D eigenvalue weighted by molar-refractivity contribution is -0.134. The van der Waals surface area contributed by atoms with E-state index in [-0.39, 0.29) is 29.7 Å². The van der Waals surface area contributed by atoms with Gasteiger partial charge in [-0.1, -0.05) is 6.92 Å². The number of hydrogen-bond acceptors (Lipinski definition) is 3. The minimum atomic E-state index is -1.06. The summed E-state index contributed by atoms with van der Waals surface area (Å²) in [6.07, 6.45) is 3.46. The molecule has 0 spiro atoms. The molecule has 1 N–H and O–H groups in total. The highest BCUT2D eigenvalue weighted by molar-refractivity contribution is 5.90. The number of amides is 1. The fourth-order valence-corrected chi connectivity index (χ4v) is 2.54. The van der Waals surface area contributed by atoms with Crippen LogP contribution in [0.5, 0.6) is 0 Å². The Labute approximate surface area is 112 Å². The van der Waals surface area contributed by atoms with Crippen molar-refractivity contribution in [2.75, 3.05) is 6.54 Å². The first-order valence-corrected chi connectivity index (χ1v) is 6.58. The van der Waals surface area contributed by atoms with Crippen LogP contribution >= 0.6 is 0 Å². The SMILES string of the molecule is CC1CCC(C)N(C(=O)Cc2occc2C(=O)O)C1. The first kappa shape index (κ1) is 13.6. The van der Waals surface area contributed by atoms with Gasteiger partial charge < -0.3 is 14.4 Å². The van der Waals surface area contributed by atoms with Crippen molar-refractivity contribution in [3.05, 3.63) is 23.7 Å². The van der Waals surface area contributed by atoms with Crippen LogP contribution in [-0.4, -0.2) is 34.5 Å². The molecule has 2 rings (SSSR count). The highest BCUT2D eigenvalue weighted by Gasteiger charge is 2.28. The zero-order valence-corrected chi connectivity index (χ0v) is 11.3. The molecule has 1 aromatic rings. The number of carbonyl (C=O) groups excluding carboxylic acids is 1. The smallest absolute Gasteiger partial charge is 0.339 e. The van der Waals surface area contributed by atoms with Crippen LogP contribution in [0.3, 0.4) is 0 Å². The summed E-state index contributed by atoms with van der Waals surface area (Å²) in [5, 5.41) is 8.99. The molecule has 0 bridgehead atoms. The van der Waals surface area contributed by atoms with Gasteiger partial charge in [0.15, 0.2) is 0 Å². The molecule has 1 saturated heterocycles. The minimum absolute atomic E-state index is 0.0195. The van der Waals surface area contributed by atoms with Gasteiger partial charge in [-0.15, -0.1) is 0 Å². The van der Waals surface area contributed by atoms with E-state index in [1.165, 1.54) is 12.3 Å². The zero-order valence-electron chi connectivity index (χ0n) is 11.3. The number of aromatic carboxylic acids is 1. The Morgan fingerprint density at radius 3 is 2.84 bits per heavy atom. The van der Waals surface area contributed by atoms with Crippen LogP contribution in [0.2, 0.25) is 0 Å². The summed E-state index contributed by atoms with van der Waals surface area (Å²) in [4.78, 5) is 25.1. The molecule has 1 aliphatic rings. The van der Waals surface area contributed by atoms with Gasteiger partial charge in [0.1, 0.15) is 11.3 Å². The molecule has 1 fully saturated rings. The number of carboxylic acids is 1. The second-order valence-corrected chi connectivity index (χ2v) is 5.32. The molecule has 5 nitrogen and oxygen atoms in total. The lowest BCUT2D eigenvalue weighted by Gasteiger charge is -2.36. The molecular weight excluding hydrogens is 246 g/mol. The predicted octanol–water partition coefficient (Wildman–Crippen LogP) is 2.17. The largest absolute Gasteiger partial charge is 0.478 e. The average molecular weight is 265 g/mol. The number of furan rings is 1. The predicted molar refractivity (Wildman–Crippen MR) is 68.9 cm³/mol. The van der Waals surface area contributed by atoms with E-state index >= 15 is 0 Å². The topological polar surface area (TPSA) is 70.8 Å². The number of hydrogen-bond donors (Lipinski definition) is 1. The second-order valence-electron chi connectivity index (χ2n) is 5.32. The van der Waals surface area contributed by atoms with Crippen LogP contribution < -0.4 is 0 Å². The summed E-state index contributed by atoms with van der Waals surface area (Å²) in [5.74, 6) is -0.383. The van der Waals surface area contributed by atoms with Crippen molar-refractivity contribution in [1.82, 2.24) is 4.90 Å². The summed E-state index contributed by atoms with van der Waals surface area (Å²) in [5.41, 5.74) is 0.0751. The third-order valence-electron chi connectivity index (χ3n) is 3.73. The molecule has 1 aromatic heterocycles. The zero-order chi connectivity index (χ0) is 14.0. The van der Waals surface area contributed by atoms with E-state index in [4.69, 9.17) is 9.52 Å². The van der Waals surface area contributed by atoms with Crippen molar-refractivity contribution >= 4 is 11.9 Å². The Hall–Kier alpha value is -1.78. The summed E-state index contributed by atoms with van der Waals surface area (Å²) in [6, 6.07) is 1.60. The van der Waals surface area contributed by atoms with Gasteiger partial charge in [-0.05, 0) is 31.7 Å². The van der Waals surface area contributed by atoms with Gasteiger partial charge in [0, 0.05) is 12.6 Å². The molecule has 2 unspecified atom stereocenters. The highest BCUT2D eigenvalue weighted by Crippen LogP contribution is 2.23. The van der Waals surface area contributed by atoms with Crippen molar-refractivity contribution in [1.29, 1.82) is 0 Å². The second kappa shape index (κ2) is 5.47. The van der Waals surface area contributed by atoms with Gasteiger partial charge in [0.05, 0.1) is 12.7 Å². The lowest BCUT2D eigenvalue weighted by Crippen LogP contribution is -2.45. The Kier molecular flexibility index (Phi) is 3.93. The van der Waals surface area contributed by atoms with Crippen molar-refractivity contribution in [2.24, 2.45) is 5.92 Å². The highest BCUT2D eigenvalue weighted by atomic mass is 16.4. The molecule has 5 heteroatoms. The number of nitrogens with zero attached hydrogens (tertiary/aromatic N) is 1. The Morgan fingerprint density at radius 2 is 2.16 bits per heavy atom. The standard InChI is InChI=1S/C14H19NO4/c1-9-3-4-10(2)15(8-9)13(16)7-12-11(14(17)18)5-6-19-12/h5-6,9-10H,3-4,7-8H2,1-2H3,(H,17,18). The van der Waals surface area contributed by atoms with Crippen molar-refractivity contribution in [3.8, 4) is 0 Å². The van der Waals surface area contributed by atoms with Gasteiger partial charge in [0.2, 0.25) is 5.91 Å². The van der Waals surface area contributed by atoms with Gasteiger partial charge in [0.25, 0.3) is 0 Å². The molecule has 1 aliphatic heterocycles. The van der Waals surface area contributed by atoms with Gasteiger partial charge in [-0.3, -0.25) is 4.79 Å². The first-order valence-electron chi connectivity index (χ1n) is 6.58.